The van der Waals surface area contributed by atoms with Crippen molar-refractivity contribution in [2.24, 2.45) is 10.3 Å². The first-order chi connectivity index (χ1) is 13.0. The van der Waals surface area contributed by atoms with Crippen molar-refractivity contribution < 1.29 is 28.9 Å². The summed E-state index contributed by atoms with van der Waals surface area (Å²) in [7, 11) is 9.18. The summed E-state index contributed by atoms with van der Waals surface area (Å²) in [6, 6.07) is 0. The lowest BCUT2D eigenvalue weighted by atomic mass is 10.6. The Balaban J connectivity index is 0. The molecule has 0 aliphatic carbocycles. The summed E-state index contributed by atoms with van der Waals surface area (Å²) >= 11 is 2.23. The molecule has 0 aromatic heterocycles. The quantitative estimate of drug-likeness (QED) is 0.270. The highest BCUT2D eigenvalue weighted by atomic mass is 32.2. The minimum Gasteiger partial charge on any atom is -0.343 e. The van der Waals surface area contributed by atoms with Gasteiger partial charge in [0, 0.05) is 42.3 Å². The molecule has 14 heteroatoms. The molecule has 12 nitrogen and oxygen atoms in total. The molecule has 0 saturated carbocycles. The van der Waals surface area contributed by atoms with Crippen molar-refractivity contribution in [3.8, 4) is 0 Å². The Morgan fingerprint density at radius 1 is 0.714 bits per heavy atom. The van der Waals surface area contributed by atoms with Gasteiger partial charge in [-0.25, -0.2) is 9.59 Å². The maximum absolute atomic E-state index is 11.3. The van der Waals surface area contributed by atoms with Gasteiger partial charge >= 0.3 is 12.2 Å². The topological polar surface area (TPSA) is 142 Å². The molecule has 0 radical (unpaired) electrons. The number of carbonyl (C=O) groups excluding carboxylic acids is 4. The van der Waals surface area contributed by atoms with Crippen LogP contribution in [0.5, 0.6) is 0 Å². The summed E-state index contributed by atoms with van der Waals surface area (Å²) in [6.45, 7) is 0. The molecule has 0 aliphatic rings. The van der Waals surface area contributed by atoms with Crippen LogP contribution in [0.1, 0.15) is 0 Å². The SMILES string of the molecule is CNC(=O)O/N=C(\SC)C(=O)N(C)C.CNC(=O)ON=C(SC)C(=O)N(C)C. The molecule has 0 aromatic rings. The van der Waals surface area contributed by atoms with Crippen LogP contribution in [-0.2, 0) is 19.3 Å². The first kappa shape index (κ1) is 27.7. The molecule has 0 bridgehead atoms. The number of amides is 4. The van der Waals surface area contributed by atoms with E-state index in [1.165, 1.54) is 23.9 Å². The van der Waals surface area contributed by atoms with E-state index in [0.717, 1.165) is 23.5 Å². The van der Waals surface area contributed by atoms with E-state index >= 15 is 0 Å². The fourth-order valence-electron chi connectivity index (χ4n) is 0.967. The molecular formula is C14H26N6O6S2. The number of nitrogens with one attached hydrogen (secondary N) is 2. The summed E-state index contributed by atoms with van der Waals surface area (Å²) in [6.07, 6.45) is 1.94. The van der Waals surface area contributed by atoms with E-state index in [4.69, 9.17) is 0 Å². The molecular weight excluding hydrogens is 412 g/mol. The maximum atomic E-state index is 11.3. The molecule has 28 heavy (non-hydrogen) atoms. The van der Waals surface area contributed by atoms with E-state index < -0.39 is 12.2 Å². The minimum atomic E-state index is -0.705. The Morgan fingerprint density at radius 3 is 1.18 bits per heavy atom. The van der Waals surface area contributed by atoms with Crippen molar-refractivity contribution in [1.29, 1.82) is 0 Å². The molecule has 0 spiro atoms. The van der Waals surface area contributed by atoms with E-state index in [0.29, 0.717) is 0 Å². The Bertz CT molecular complexity index is 557. The minimum absolute atomic E-state index is 0.124. The van der Waals surface area contributed by atoms with Crippen LogP contribution in [0.2, 0.25) is 0 Å². The van der Waals surface area contributed by atoms with E-state index in [1.54, 1.807) is 40.7 Å². The molecule has 160 valence electrons. The standard InChI is InChI=1S/2C7H13N3O3S/c2*1-8-7(12)13-9-5(14-4)6(11)10(2)3/h2*1-4H3,(H,8,12)/b9-5-;. The van der Waals surface area contributed by atoms with E-state index in [9.17, 15) is 19.2 Å². The zero-order valence-electron chi connectivity index (χ0n) is 17.1. The maximum Gasteiger partial charge on any atom is 0.433 e. The number of oxime groups is 2. The van der Waals surface area contributed by atoms with Crippen LogP contribution in [0.25, 0.3) is 0 Å². The van der Waals surface area contributed by atoms with Crippen LogP contribution >= 0.6 is 23.5 Å². The molecule has 0 saturated heterocycles. The predicted octanol–water partition coefficient (Wildman–Crippen LogP) is 0.214. The van der Waals surface area contributed by atoms with Crippen LogP contribution in [-0.4, -0.2) is 98.7 Å². The van der Waals surface area contributed by atoms with Crippen molar-refractivity contribution in [3.63, 3.8) is 0 Å². The number of carbonyl (C=O) groups is 4. The molecule has 0 rings (SSSR count). The van der Waals surface area contributed by atoms with Gasteiger partial charge in [0.25, 0.3) is 11.8 Å². The van der Waals surface area contributed by atoms with Gasteiger partial charge in [-0.3, -0.25) is 19.3 Å². The summed E-state index contributed by atoms with van der Waals surface area (Å²) in [4.78, 5) is 55.4. The van der Waals surface area contributed by atoms with Gasteiger partial charge in [-0.05, 0) is 12.5 Å². The first-order valence-corrected chi connectivity index (χ1v) is 9.95. The monoisotopic (exact) mass is 438 g/mol. The van der Waals surface area contributed by atoms with E-state index in [1.807, 2.05) is 0 Å². The molecule has 0 aromatic carbocycles. The van der Waals surface area contributed by atoms with Gasteiger partial charge in [0.1, 0.15) is 0 Å². The Morgan fingerprint density at radius 2 is 1.00 bits per heavy atom. The highest BCUT2D eigenvalue weighted by Gasteiger charge is 2.14. The summed E-state index contributed by atoms with van der Waals surface area (Å²) in [5.41, 5.74) is 0. The van der Waals surface area contributed by atoms with Gasteiger partial charge < -0.3 is 20.4 Å². The number of hydrogen-bond donors (Lipinski definition) is 2. The second-order valence-corrected chi connectivity index (χ2v) is 6.45. The summed E-state index contributed by atoms with van der Waals surface area (Å²) in [5.74, 6) is -0.609. The normalized spacial score (nSPS) is 10.7. The third-order valence-corrected chi connectivity index (χ3v) is 3.67. The third-order valence-electron chi connectivity index (χ3n) is 2.40. The van der Waals surface area contributed by atoms with Crippen molar-refractivity contribution in [1.82, 2.24) is 20.4 Å². The summed E-state index contributed by atoms with van der Waals surface area (Å²) < 4.78 is 0. The smallest absolute Gasteiger partial charge is 0.343 e. The van der Waals surface area contributed by atoms with Crippen LogP contribution in [0.4, 0.5) is 9.59 Å². The highest BCUT2D eigenvalue weighted by Crippen LogP contribution is 2.02. The number of rotatable bonds is 2. The van der Waals surface area contributed by atoms with Crippen LogP contribution in [0.3, 0.4) is 0 Å². The predicted molar refractivity (Wildman–Crippen MR) is 110 cm³/mol. The zero-order valence-corrected chi connectivity index (χ0v) is 18.7. The second kappa shape index (κ2) is 15.6. The average Bonchev–Trinajstić information content (AvgIpc) is 2.68. The first-order valence-electron chi connectivity index (χ1n) is 7.50. The second-order valence-electron chi connectivity index (χ2n) is 4.86. The molecule has 2 N–H and O–H groups in total. The van der Waals surface area contributed by atoms with Crippen molar-refractivity contribution in [2.45, 2.75) is 0 Å². The third kappa shape index (κ3) is 12.0. The lowest BCUT2D eigenvalue weighted by Gasteiger charge is -2.09. The van der Waals surface area contributed by atoms with Crippen LogP contribution in [0.15, 0.2) is 10.3 Å². The number of thioether (sulfide) groups is 2. The molecule has 0 atom stereocenters. The number of nitrogens with zero attached hydrogens (tertiary/aromatic N) is 4. The number of hydrogen-bond acceptors (Lipinski definition) is 10. The fraction of sp³-hybridized carbons (Fsp3) is 0.571. The van der Waals surface area contributed by atoms with Crippen LogP contribution < -0.4 is 10.6 Å². The van der Waals surface area contributed by atoms with Gasteiger partial charge in [-0.1, -0.05) is 10.3 Å². The lowest BCUT2D eigenvalue weighted by Crippen LogP contribution is -2.28. The highest BCUT2D eigenvalue weighted by molar-refractivity contribution is 8.15. The molecule has 4 amide bonds. The molecule has 0 unspecified atom stereocenters. The Labute approximate surface area is 172 Å². The van der Waals surface area contributed by atoms with Gasteiger partial charge in [0.15, 0.2) is 0 Å². The van der Waals surface area contributed by atoms with Crippen molar-refractivity contribution in [2.75, 3.05) is 54.8 Å². The Kier molecular flexibility index (Phi) is 15.4. The molecule has 0 aliphatic heterocycles. The van der Waals surface area contributed by atoms with Gasteiger partial charge in [-0.15, -0.1) is 23.5 Å². The van der Waals surface area contributed by atoms with Gasteiger partial charge in [-0.2, -0.15) is 0 Å². The van der Waals surface area contributed by atoms with Crippen molar-refractivity contribution >= 4 is 57.6 Å². The van der Waals surface area contributed by atoms with Gasteiger partial charge in [0.05, 0.1) is 0 Å². The van der Waals surface area contributed by atoms with E-state index in [2.05, 4.69) is 30.6 Å². The average molecular weight is 439 g/mol. The zero-order chi connectivity index (χ0) is 22.3. The van der Waals surface area contributed by atoms with E-state index in [-0.39, 0.29) is 21.9 Å². The fourth-order valence-corrected chi connectivity index (χ4v) is 1.90. The van der Waals surface area contributed by atoms with Crippen molar-refractivity contribution in [3.05, 3.63) is 0 Å². The summed E-state index contributed by atoms with van der Waals surface area (Å²) in [5, 5.41) is 11.5. The lowest BCUT2D eigenvalue weighted by molar-refractivity contribution is -0.122. The van der Waals surface area contributed by atoms with Crippen LogP contribution in [0, 0.1) is 0 Å². The molecule has 0 heterocycles. The molecule has 0 fully saturated rings. The largest absolute Gasteiger partial charge is 0.433 e. The Hall–Kier alpha value is -2.48. The van der Waals surface area contributed by atoms with Gasteiger partial charge in [0.2, 0.25) is 10.1 Å².